The van der Waals surface area contributed by atoms with E-state index in [-0.39, 0.29) is 11.3 Å². The second kappa shape index (κ2) is 6.15. The van der Waals surface area contributed by atoms with E-state index in [1.54, 1.807) is 19.1 Å². The Bertz CT molecular complexity index is 963. The van der Waals surface area contributed by atoms with E-state index >= 15 is 0 Å². The highest BCUT2D eigenvalue weighted by molar-refractivity contribution is 7.89. The minimum absolute atomic E-state index is 0.0206. The molecule has 9 nitrogen and oxygen atoms in total. The summed E-state index contributed by atoms with van der Waals surface area (Å²) in [6.45, 7) is 1.80. The minimum atomic E-state index is -3.99. The van der Waals surface area contributed by atoms with Crippen LogP contribution in [0.4, 0.5) is 0 Å². The Morgan fingerprint density at radius 1 is 1.27 bits per heavy atom. The zero-order valence-corrected chi connectivity index (χ0v) is 14.4. The summed E-state index contributed by atoms with van der Waals surface area (Å²) in [7, 11) is -3.99. The van der Waals surface area contributed by atoms with Gasteiger partial charge in [0.05, 0.1) is 9.82 Å². The molecular formula is C16H14N2O7S. The largest absolute Gasteiger partial charge is 0.449 e. The standard InChI is InChI=1S/C16H14N2O7S/c1-10-2-4-11(5-3-10)26(23,24)17-12-8-16(25-15(12)20)7-6-14(19)13(9-16)18(21)22/h2-7,9,12,17H,8H2,1H3/t12-,16+/m0/s1. The Morgan fingerprint density at radius 3 is 2.54 bits per heavy atom. The summed E-state index contributed by atoms with van der Waals surface area (Å²) in [6.07, 6.45) is 2.91. The van der Waals surface area contributed by atoms with Crippen molar-refractivity contribution in [3.8, 4) is 0 Å². The number of aryl methyl sites for hydroxylation is 1. The quantitative estimate of drug-likeness (QED) is 0.461. The first-order valence-corrected chi connectivity index (χ1v) is 9.03. The van der Waals surface area contributed by atoms with Crippen LogP contribution < -0.4 is 4.72 Å². The fraction of sp³-hybridized carbons (Fsp3) is 0.250. The first-order valence-electron chi connectivity index (χ1n) is 7.55. The molecule has 1 spiro atoms. The number of ether oxygens (including phenoxy) is 1. The van der Waals surface area contributed by atoms with Gasteiger partial charge in [-0.1, -0.05) is 17.7 Å². The lowest BCUT2D eigenvalue weighted by Gasteiger charge is -2.21. The Morgan fingerprint density at radius 2 is 1.92 bits per heavy atom. The van der Waals surface area contributed by atoms with Crippen LogP contribution in [-0.4, -0.2) is 36.7 Å². The fourth-order valence-corrected chi connectivity index (χ4v) is 3.94. The smallest absolute Gasteiger partial charge is 0.325 e. The topological polar surface area (TPSA) is 133 Å². The van der Waals surface area contributed by atoms with Crippen molar-refractivity contribution in [3.63, 3.8) is 0 Å². The van der Waals surface area contributed by atoms with E-state index in [1.165, 1.54) is 18.2 Å². The third-order valence-electron chi connectivity index (χ3n) is 4.07. The SMILES string of the molecule is Cc1ccc(S(=O)(=O)N[C@H]2C[C@@]3(C=CC(=O)C([N+](=O)[O-])=C3)OC2=O)cc1. The molecule has 1 N–H and O–H groups in total. The monoisotopic (exact) mass is 378 g/mol. The zero-order chi connectivity index (χ0) is 19.1. The van der Waals surface area contributed by atoms with Crippen LogP contribution in [0.3, 0.4) is 0 Å². The Labute approximate surface area is 148 Å². The van der Waals surface area contributed by atoms with Gasteiger partial charge in [0.25, 0.3) is 5.78 Å². The summed E-state index contributed by atoms with van der Waals surface area (Å²) in [5, 5.41) is 10.9. The Balaban J connectivity index is 1.85. The van der Waals surface area contributed by atoms with Crippen molar-refractivity contribution in [1.29, 1.82) is 0 Å². The molecule has 1 aromatic rings. The minimum Gasteiger partial charge on any atom is -0.449 e. The van der Waals surface area contributed by atoms with Gasteiger partial charge >= 0.3 is 11.7 Å². The van der Waals surface area contributed by atoms with Gasteiger partial charge in [-0.2, -0.15) is 4.72 Å². The second-order valence-electron chi connectivity index (χ2n) is 6.05. The number of nitrogens with zero attached hydrogens (tertiary/aromatic N) is 1. The third kappa shape index (κ3) is 3.28. The molecule has 0 radical (unpaired) electrons. The highest BCUT2D eigenvalue weighted by Gasteiger charge is 2.49. The average Bonchev–Trinajstić information content (AvgIpc) is 2.85. The molecule has 0 aromatic heterocycles. The van der Waals surface area contributed by atoms with Gasteiger partial charge in [0.15, 0.2) is 5.60 Å². The van der Waals surface area contributed by atoms with Crippen molar-refractivity contribution in [3.05, 3.63) is 63.9 Å². The first kappa shape index (κ1) is 18.0. The van der Waals surface area contributed by atoms with Gasteiger partial charge < -0.3 is 4.74 Å². The number of nitrogens with one attached hydrogen (secondary N) is 1. The molecule has 2 aliphatic rings. The number of esters is 1. The second-order valence-corrected chi connectivity index (χ2v) is 7.77. The zero-order valence-electron chi connectivity index (χ0n) is 13.5. The number of carbonyl (C=O) groups is 2. The van der Waals surface area contributed by atoms with Crippen molar-refractivity contribution >= 4 is 21.8 Å². The van der Waals surface area contributed by atoms with Crippen LogP contribution in [0.5, 0.6) is 0 Å². The number of rotatable bonds is 4. The van der Waals surface area contributed by atoms with Gasteiger partial charge in [0.2, 0.25) is 10.0 Å². The van der Waals surface area contributed by atoms with Gasteiger partial charge in [-0.3, -0.25) is 19.7 Å². The summed E-state index contributed by atoms with van der Waals surface area (Å²) in [6, 6.07) is 4.80. The number of sulfonamides is 1. The maximum atomic E-state index is 12.4. The number of benzene rings is 1. The maximum absolute atomic E-state index is 12.4. The maximum Gasteiger partial charge on any atom is 0.325 e. The molecule has 1 saturated heterocycles. The number of carbonyl (C=O) groups excluding carboxylic acids is 2. The normalized spacial score (nSPS) is 25.3. The van der Waals surface area contributed by atoms with E-state index in [1.807, 2.05) is 0 Å². The molecule has 2 atom stereocenters. The van der Waals surface area contributed by atoms with Crippen molar-refractivity contribution in [1.82, 2.24) is 4.72 Å². The van der Waals surface area contributed by atoms with E-state index in [0.717, 1.165) is 17.7 Å². The Hall–Kier alpha value is -2.85. The Kier molecular flexibility index (Phi) is 4.24. The number of nitro groups is 1. The van der Waals surface area contributed by atoms with Crippen LogP contribution in [0.15, 0.2) is 53.1 Å². The van der Waals surface area contributed by atoms with Gasteiger partial charge in [0.1, 0.15) is 6.04 Å². The third-order valence-corrected chi connectivity index (χ3v) is 5.56. The van der Waals surface area contributed by atoms with Crippen molar-refractivity contribution in [2.45, 2.75) is 29.9 Å². The number of allylic oxidation sites excluding steroid dienone is 1. The van der Waals surface area contributed by atoms with Crippen LogP contribution in [0.25, 0.3) is 0 Å². The van der Waals surface area contributed by atoms with E-state index in [4.69, 9.17) is 4.74 Å². The van der Waals surface area contributed by atoms with Gasteiger partial charge in [0, 0.05) is 12.5 Å². The summed E-state index contributed by atoms with van der Waals surface area (Å²) in [5.74, 6) is -1.70. The molecule has 26 heavy (non-hydrogen) atoms. The molecule has 3 rings (SSSR count). The summed E-state index contributed by atoms with van der Waals surface area (Å²) >= 11 is 0. The molecule has 0 amide bonds. The lowest BCUT2D eigenvalue weighted by atomic mass is 9.91. The molecule has 1 fully saturated rings. The predicted octanol–water partition coefficient (Wildman–Crippen LogP) is 0.627. The van der Waals surface area contributed by atoms with Crippen LogP contribution in [0.1, 0.15) is 12.0 Å². The van der Waals surface area contributed by atoms with Crippen molar-refractivity contribution < 1.29 is 27.7 Å². The van der Waals surface area contributed by atoms with Gasteiger partial charge in [-0.25, -0.2) is 8.42 Å². The molecule has 0 bridgehead atoms. The van der Waals surface area contributed by atoms with Crippen LogP contribution in [0, 0.1) is 17.0 Å². The number of hydrogen-bond acceptors (Lipinski definition) is 7. The van der Waals surface area contributed by atoms with Crippen LogP contribution in [-0.2, 0) is 24.3 Å². The summed E-state index contributed by atoms with van der Waals surface area (Å²) in [4.78, 5) is 33.7. The molecular weight excluding hydrogens is 364 g/mol. The summed E-state index contributed by atoms with van der Waals surface area (Å²) in [5.41, 5.74) is -1.37. The molecule has 1 heterocycles. The molecule has 0 saturated carbocycles. The number of hydrogen-bond donors (Lipinski definition) is 1. The average molecular weight is 378 g/mol. The van der Waals surface area contributed by atoms with Crippen molar-refractivity contribution in [2.75, 3.05) is 0 Å². The van der Waals surface area contributed by atoms with E-state index in [2.05, 4.69) is 4.72 Å². The lowest BCUT2D eigenvalue weighted by Crippen LogP contribution is -2.38. The molecule has 1 aromatic carbocycles. The van der Waals surface area contributed by atoms with E-state index in [9.17, 15) is 28.1 Å². The molecule has 1 aliphatic carbocycles. The number of ketones is 1. The van der Waals surface area contributed by atoms with E-state index < -0.39 is 44.0 Å². The highest BCUT2D eigenvalue weighted by atomic mass is 32.2. The first-order chi connectivity index (χ1) is 12.1. The molecule has 1 aliphatic heterocycles. The van der Waals surface area contributed by atoms with Gasteiger partial charge in [-0.15, -0.1) is 0 Å². The lowest BCUT2D eigenvalue weighted by molar-refractivity contribution is -0.419. The fourth-order valence-electron chi connectivity index (χ4n) is 2.75. The molecule has 10 heteroatoms. The van der Waals surface area contributed by atoms with Crippen LogP contribution in [0.2, 0.25) is 0 Å². The van der Waals surface area contributed by atoms with E-state index in [0.29, 0.717) is 0 Å². The van der Waals surface area contributed by atoms with Crippen LogP contribution >= 0.6 is 0 Å². The van der Waals surface area contributed by atoms with Crippen molar-refractivity contribution in [2.24, 2.45) is 0 Å². The predicted molar refractivity (Wildman–Crippen MR) is 88.0 cm³/mol. The summed E-state index contributed by atoms with van der Waals surface area (Å²) < 4.78 is 32.2. The molecule has 0 unspecified atom stereocenters. The molecule has 136 valence electrons. The highest BCUT2D eigenvalue weighted by Crippen LogP contribution is 2.34. The van der Waals surface area contributed by atoms with Gasteiger partial charge in [-0.05, 0) is 31.2 Å².